The Morgan fingerprint density at radius 3 is 2.67 bits per heavy atom. The van der Waals surface area contributed by atoms with Gasteiger partial charge in [0.1, 0.15) is 5.82 Å². The number of nitrogens with zero attached hydrogens (tertiary/aromatic N) is 2. The van der Waals surface area contributed by atoms with E-state index in [9.17, 15) is 0 Å². The lowest BCUT2D eigenvalue weighted by molar-refractivity contribution is 1.35. The first-order valence-corrected chi connectivity index (χ1v) is 4.74. The summed E-state index contributed by atoms with van der Waals surface area (Å²) >= 11 is 0. The summed E-state index contributed by atoms with van der Waals surface area (Å²) in [5, 5.41) is 3.13. The maximum absolute atomic E-state index is 5.80. The second-order valence-corrected chi connectivity index (χ2v) is 3.43. The molecule has 3 heteroatoms. The smallest absolute Gasteiger partial charge is 0.132 e. The van der Waals surface area contributed by atoms with Crippen molar-refractivity contribution in [1.29, 1.82) is 0 Å². The van der Waals surface area contributed by atoms with Crippen molar-refractivity contribution in [3.63, 3.8) is 0 Å². The van der Waals surface area contributed by atoms with Gasteiger partial charge in [-0.15, -0.1) is 0 Å². The van der Waals surface area contributed by atoms with Gasteiger partial charge in [0.15, 0.2) is 0 Å². The lowest BCUT2D eigenvalue weighted by atomic mass is 10.1. The average molecular weight is 195 g/mol. The van der Waals surface area contributed by atoms with Crippen molar-refractivity contribution in [3.8, 4) is 0 Å². The predicted octanol–water partition coefficient (Wildman–Crippen LogP) is 2.37. The van der Waals surface area contributed by atoms with Crippen LogP contribution >= 0.6 is 0 Å². The lowest BCUT2D eigenvalue weighted by Gasteiger charge is -2.03. The molecule has 72 valence electrons. The number of para-hydroxylation sites is 1. The Bertz CT molecular complexity index is 646. The standard InChI is InChI=1S/C12H9N3/c13-12-10-7-15-11-4-2-1-3-9(11)8(10)5-6-14-12/h1-7H,(H2,13,14). The largest absolute Gasteiger partial charge is 0.383 e. The van der Waals surface area contributed by atoms with Crippen LogP contribution in [0.15, 0.2) is 42.7 Å². The molecule has 2 N–H and O–H groups in total. The maximum Gasteiger partial charge on any atom is 0.132 e. The van der Waals surface area contributed by atoms with Gasteiger partial charge in [-0.05, 0) is 17.5 Å². The van der Waals surface area contributed by atoms with Crippen molar-refractivity contribution in [3.05, 3.63) is 42.7 Å². The average Bonchev–Trinajstić information content (AvgIpc) is 2.29. The first kappa shape index (κ1) is 8.17. The molecule has 0 saturated heterocycles. The monoisotopic (exact) mass is 195 g/mol. The highest BCUT2D eigenvalue weighted by Crippen LogP contribution is 2.25. The third kappa shape index (κ3) is 1.13. The van der Waals surface area contributed by atoms with E-state index in [0.29, 0.717) is 5.82 Å². The highest BCUT2D eigenvalue weighted by molar-refractivity contribution is 6.08. The minimum Gasteiger partial charge on any atom is -0.383 e. The molecule has 0 spiro atoms. The van der Waals surface area contributed by atoms with Crippen LogP contribution in [0, 0.1) is 0 Å². The van der Waals surface area contributed by atoms with Crippen LogP contribution in [-0.2, 0) is 0 Å². The van der Waals surface area contributed by atoms with Crippen LogP contribution in [-0.4, -0.2) is 9.97 Å². The van der Waals surface area contributed by atoms with Crippen LogP contribution < -0.4 is 5.73 Å². The summed E-state index contributed by atoms with van der Waals surface area (Å²) in [6, 6.07) is 9.98. The van der Waals surface area contributed by atoms with E-state index in [4.69, 9.17) is 5.73 Å². The van der Waals surface area contributed by atoms with Crippen LogP contribution in [0.1, 0.15) is 0 Å². The summed E-state index contributed by atoms with van der Waals surface area (Å²) in [5.41, 5.74) is 6.78. The summed E-state index contributed by atoms with van der Waals surface area (Å²) in [5.74, 6) is 0.533. The van der Waals surface area contributed by atoms with E-state index in [1.807, 2.05) is 30.3 Å². The maximum atomic E-state index is 5.80. The fourth-order valence-corrected chi connectivity index (χ4v) is 1.81. The number of anilines is 1. The molecule has 0 fully saturated rings. The first-order chi connectivity index (χ1) is 7.36. The number of hydrogen-bond acceptors (Lipinski definition) is 3. The van der Waals surface area contributed by atoms with Crippen molar-refractivity contribution in [1.82, 2.24) is 9.97 Å². The first-order valence-electron chi connectivity index (χ1n) is 4.74. The molecule has 1 aromatic carbocycles. The molecule has 3 aromatic rings. The van der Waals surface area contributed by atoms with E-state index < -0.39 is 0 Å². The van der Waals surface area contributed by atoms with Crippen molar-refractivity contribution in [2.75, 3.05) is 5.73 Å². The van der Waals surface area contributed by atoms with E-state index >= 15 is 0 Å². The molecule has 0 atom stereocenters. The van der Waals surface area contributed by atoms with Gasteiger partial charge >= 0.3 is 0 Å². The number of hydrogen-bond donors (Lipinski definition) is 1. The molecule has 0 aliphatic rings. The van der Waals surface area contributed by atoms with Gasteiger partial charge in [-0.2, -0.15) is 0 Å². The Balaban J connectivity index is 2.60. The Hall–Kier alpha value is -2.16. The van der Waals surface area contributed by atoms with Gasteiger partial charge < -0.3 is 5.73 Å². The highest BCUT2D eigenvalue weighted by Gasteiger charge is 2.03. The van der Waals surface area contributed by atoms with E-state index in [2.05, 4.69) is 9.97 Å². The number of fused-ring (bicyclic) bond motifs is 3. The van der Waals surface area contributed by atoms with Gasteiger partial charge in [-0.1, -0.05) is 18.2 Å². The summed E-state index contributed by atoms with van der Waals surface area (Å²) < 4.78 is 0. The normalized spacial score (nSPS) is 10.9. The summed E-state index contributed by atoms with van der Waals surface area (Å²) in [6.07, 6.45) is 3.50. The number of benzene rings is 1. The molecular weight excluding hydrogens is 186 g/mol. The molecule has 0 amide bonds. The lowest BCUT2D eigenvalue weighted by Crippen LogP contribution is -1.92. The van der Waals surface area contributed by atoms with Crippen LogP contribution in [0.3, 0.4) is 0 Å². The fourth-order valence-electron chi connectivity index (χ4n) is 1.81. The quantitative estimate of drug-likeness (QED) is 0.560. The molecule has 0 bridgehead atoms. The van der Waals surface area contributed by atoms with Gasteiger partial charge in [0.25, 0.3) is 0 Å². The fraction of sp³-hybridized carbons (Fsp3) is 0. The van der Waals surface area contributed by atoms with Crippen LogP contribution in [0.25, 0.3) is 21.7 Å². The van der Waals surface area contributed by atoms with E-state index in [-0.39, 0.29) is 0 Å². The molecule has 0 radical (unpaired) electrons. The molecule has 3 rings (SSSR count). The van der Waals surface area contributed by atoms with Crippen LogP contribution in [0.5, 0.6) is 0 Å². The zero-order valence-electron chi connectivity index (χ0n) is 8.01. The molecule has 0 aliphatic heterocycles. The number of nitrogen functional groups attached to an aromatic ring is 1. The van der Waals surface area contributed by atoms with Gasteiger partial charge in [0.2, 0.25) is 0 Å². The van der Waals surface area contributed by atoms with Gasteiger partial charge in [-0.3, -0.25) is 4.98 Å². The topological polar surface area (TPSA) is 51.8 Å². The molecule has 0 aliphatic carbocycles. The second kappa shape index (κ2) is 2.92. The predicted molar refractivity (Wildman–Crippen MR) is 61.5 cm³/mol. The molecule has 2 heterocycles. The number of pyridine rings is 2. The summed E-state index contributed by atoms with van der Waals surface area (Å²) in [7, 11) is 0. The third-order valence-corrected chi connectivity index (χ3v) is 2.55. The number of nitrogens with two attached hydrogens (primary N) is 1. The third-order valence-electron chi connectivity index (χ3n) is 2.55. The Labute approximate surface area is 86.6 Å². The second-order valence-electron chi connectivity index (χ2n) is 3.43. The van der Waals surface area contributed by atoms with E-state index in [1.165, 1.54) is 0 Å². The molecule has 15 heavy (non-hydrogen) atoms. The van der Waals surface area contributed by atoms with Gasteiger partial charge in [0.05, 0.1) is 5.52 Å². The van der Waals surface area contributed by atoms with Crippen molar-refractivity contribution in [2.24, 2.45) is 0 Å². The Kier molecular flexibility index (Phi) is 1.59. The van der Waals surface area contributed by atoms with Crippen molar-refractivity contribution in [2.45, 2.75) is 0 Å². The molecular formula is C12H9N3. The van der Waals surface area contributed by atoms with Crippen molar-refractivity contribution < 1.29 is 0 Å². The van der Waals surface area contributed by atoms with Crippen LogP contribution in [0.2, 0.25) is 0 Å². The molecule has 3 nitrogen and oxygen atoms in total. The molecule has 2 aromatic heterocycles. The molecule has 0 saturated carbocycles. The van der Waals surface area contributed by atoms with Gasteiger partial charge in [-0.25, -0.2) is 4.98 Å². The highest BCUT2D eigenvalue weighted by atomic mass is 14.8. The Morgan fingerprint density at radius 2 is 1.73 bits per heavy atom. The van der Waals surface area contributed by atoms with Crippen molar-refractivity contribution >= 4 is 27.5 Å². The number of rotatable bonds is 0. The number of aromatic nitrogens is 2. The van der Waals surface area contributed by atoms with Gasteiger partial charge in [0, 0.05) is 23.2 Å². The Morgan fingerprint density at radius 1 is 0.867 bits per heavy atom. The minimum absolute atomic E-state index is 0.533. The van der Waals surface area contributed by atoms with E-state index in [0.717, 1.165) is 21.7 Å². The summed E-state index contributed by atoms with van der Waals surface area (Å²) in [6.45, 7) is 0. The van der Waals surface area contributed by atoms with Crippen LogP contribution in [0.4, 0.5) is 5.82 Å². The zero-order valence-corrected chi connectivity index (χ0v) is 8.01. The van der Waals surface area contributed by atoms with E-state index in [1.54, 1.807) is 12.4 Å². The molecule has 0 unspecified atom stereocenters. The summed E-state index contributed by atoms with van der Waals surface area (Å²) in [4.78, 5) is 8.40. The minimum atomic E-state index is 0.533. The zero-order chi connectivity index (χ0) is 10.3. The SMILES string of the molecule is Nc1nccc2c1cnc1ccccc12.